The SMILES string of the molecule is CCS(=O)(=O)c1ccccc1C(=O)Nc1sc2c(c1C#N)CCCC2. The van der Waals surface area contributed by atoms with Crippen LogP contribution in [0, 0.1) is 11.3 Å². The van der Waals surface area contributed by atoms with E-state index in [4.69, 9.17) is 0 Å². The van der Waals surface area contributed by atoms with E-state index in [2.05, 4.69) is 11.4 Å². The molecule has 0 fully saturated rings. The van der Waals surface area contributed by atoms with Crippen LogP contribution in [0.3, 0.4) is 0 Å². The van der Waals surface area contributed by atoms with Crippen molar-refractivity contribution in [2.24, 2.45) is 0 Å². The zero-order valence-corrected chi connectivity index (χ0v) is 15.5. The maximum absolute atomic E-state index is 12.7. The number of sulfone groups is 1. The van der Waals surface area contributed by atoms with E-state index in [1.165, 1.54) is 23.5 Å². The molecule has 7 heteroatoms. The highest BCUT2D eigenvalue weighted by molar-refractivity contribution is 7.91. The molecule has 3 rings (SSSR count). The van der Waals surface area contributed by atoms with Crippen LogP contribution in [0.15, 0.2) is 29.2 Å². The first-order chi connectivity index (χ1) is 12.0. The highest BCUT2D eigenvalue weighted by Crippen LogP contribution is 2.38. The highest BCUT2D eigenvalue weighted by Gasteiger charge is 2.24. The van der Waals surface area contributed by atoms with Gasteiger partial charge in [0, 0.05) is 4.88 Å². The van der Waals surface area contributed by atoms with Crippen molar-refractivity contribution in [3.63, 3.8) is 0 Å². The molecule has 1 amide bonds. The summed E-state index contributed by atoms with van der Waals surface area (Å²) in [6.45, 7) is 1.55. The fourth-order valence-electron chi connectivity index (χ4n) is 3.02. The van der Waals surface area contributed by atoms with E-state index >= 15 is 0 Å². The predicted molar refractivity (Wildman–Crippen MR) is 97.8 cm³/mol. The Kier molecular flexibility index (Phi) is 4.93. The summed E-state index contributed by atoms with van der Waals surface area (Å²) in [7, 11) is -3.51. The molecule has 0 unspecified atom stereocenters. The molecule has 1 aromatic heterocycles. The van der Waals surface area contributed by atoms with Gasteiger partial charge in [-0.25, -0.2) is 8.42 Å². The number of hydrogen-bond donors (Lipinski definition) is 1. The van der Waals surface area contributed by atoms with Crippen LogP contribution in [0.2, 0.25) is 0 Å². The van der Waals surface area contributed by atoms with E-state index in [9.17, 15) is 18.5 Å². The minimum Gasteiger partial charge on any atom is -0.312 e. The molecule has 1 aliphatic rings. The Labute approximate surface area is 151 Å². The van der Waals surface area contributed by atoms with Crippen molar-refractivity contribution in [1.29, 1.82) is 5.26 Å². The average Bonchev–Trinajstić information content (AvgIpc) is 2.98. The first kappa shape index (κ1) is 17.6. The lowest BCUT2D eigenvalue weighted by Crippen LogP contribution is -2.17. The molecule has 1 N–H and O–H groups in total. The van der Waals surface area contributed by atoms with Gasteiger partial charge >= 0.3 is 0 Å². The topological polar surface area (TPSA) is 87.0 Å². The highest BCUT2D eigenvalue weighted by atomic mass is 32.2. The van der Waals surface area contributed by atoms with Gasteiger partial charge in [-0.1, -0.05) is 19.1 Å². The summed E-state index contributed by atoms with van der Waals surface area (Å²) in [4.78, 5) is 13.9. The maximum atomic E-state index is 12.7. The zero-order valence-electron chi connectivity index (χ0n) is 13.8. The van der Waals surface area contributed by atoms with Gasteiger partial charge in [0.25, 0.3) is 5.91 Å². The standard InChI is InChI=1S/C18H18N2O3S2/c1-2-25(22,23)16-10-6-4-8-13(16)17(21)20-18-14(11-19)12-7-3-5-9-15(12)24-18/h4,6,8,10H,2-3,5,7,9H2,1H3,(H,20,21). The first-order valence-corrected chi connectivity index (χ1v) is 10.6. The van der Waals surface area contributed by atoms with E-state index in [-0.39, 0.29) is 16.2 Å². The normalized spacial score (nSPS) is 13.8. The maximum Gasteiger partial charge on any atom is 0.257 e. The molecule has 25 heavy (non-hydrogen) atoms. The number of carbonyl (C=O) groups excluding carboxylic acids is 1. The van der Waals surface area contributed by atoms with E-state index in [1.807, 2.05) is 0 Å². The Balaban J connectivity index is 1.98. The number of nitrogens with zero attached hydrogens (tertiary/aromatic N) is 1. The van der Waals surface area contributed by atoms with Crippen LogP contribution in [0.5, 0.6) is 0 Å². The van der Waals surface area contributed by atoms with Gasteiger partial charge in [-0.3, -0.25) is 4.79 Å². The number of amides is 1. The molecule has 1 heterocycles. The first-order valence-electron chi connectivity index (χ1n) is 8.15. The molecule has 2 aromatic rings. The quantitative estimate of drug-likeness (QED) is 0.887. The van der Waals surface area contributed by atoms with Gasteiger partial charge in [-0.2, -0.15) is 5.26 Å². The summed E-state index contributed by atoms with van der Waals surface area (Å²) in [5.74, 6) is -0.573. The van der Waals surface area contributed by atoms with Gasteiger partial charge in [0.05, 0.1) is 21.8 Å². The minimum absolute atomic E-state index is 0.0230. The van der Waals surface area contributed by atoms with Gasteiger partial charge in [-0.15, -0.1) is 11.3 Å². The summed E-state index contributed by atoms with van der Waals surface area (Å²) in [6.07, 6.45) is 3.91. The van der Waals surface area contributed by atoms with E-state index in [0.29, 0.717) is 10.6 Å². The molecule has 0 atom stereocenters. The summed E-state index contributed by atoms with van der Waals surface area (Å²) >= 11 is 1.42. The summed E-state index contributed by atoms with van der Waals surface area (Å²) in [5.41, 5.74) is 1.66. The Morgan fingerprint density at radius 1 is 1.28 bits per heavy atom. The van der Waals surface area contributed by atoms with Crippen LogP contribution >= 0.6 is 11.3 Å². The fourth-order valence-corrected chi connectivity index (χ4v) is 5.35. The van der Waals surface area contributed by atoms with Crippen LogP contribution in [-0.4, -0.2) is 20.1 Å². The number of benzene rings is 1. The number of anilines is 1. The average molecular weight is 374 g/mol. The largest absolute Gasteiger partial charge is 0.312 e. The smallest absolute Gasteiger partial charge is 0.257 e. The van der Waals surface area contributed by atoms with Crippen LogP contribution in [-0.2, 0) is 22.7 Å². The number of nitriles is 1. The van der Waals surface area contributed by atoms with E-state index < -0.39 is 15.7 Å². The van der Waals surface area contributed by atoms with Gasteiger partial charge in [-0.05, 0) is 43.4 Å². The zero-order chi connectivity index (χ0) is 18.0. The Bertz CT molecular complexity index is 969. The molecule has 5 nitrogen and oxygen atoms in total. The Morgan fingerprint density at radius 2 is 2.00 bits per heavy atom. The third-order valence-corrected chi connectivity index (χ3v) is 7.35. The second kappa shape index (κ2) is 6.98. The number of nitrogens with one attached hydrogen (secondary N) is 1. The Morgan fingerprint density at radius 3 is 2.72 bits per heavy atom. The molecule has 1 aliphatic carbocycles. The van der Waals surface area contributed by atoms with E-state index in [0.717, 1.165) is 36.1 Å². The van der Waals surface area contributed by atoms with Crippen LogP contribution in [0.1, 0.15) is 46.1 Å². The van der Waals surface area contributed by atoms with Crippen LogP contribution < -0.4 is 5.32 Å². The lowest BCUT2D eigenvalue weighted by atomic mass is 9.96. The minimum atomic E-state index is -3.51. The Hall–Kier alpha value is -2.17. The van der Waals surface area contributed by atoms with Crippen LogP contribution in [0.4, 0.5) is 5.00 Å². The summed E-state index contributed by atoms with van der Waals surface area (Å²) in [6, 6.07) is 8.37. The number of carbonyl (C=O) groups is 1. The van der Waals surface area contributed by atoms with Crippen molar-refractivity contribution < 1.29 is 13.2 Å². The third kappa shape index (κ3) is 3.32. The second-order valence-electron chi connectivity index (χ2n) is 5.88. The molecule has 130 valence electrons. The van der Waals surface area contributed by atoms with Crippen molar-refractivity contribution in [2.75, 3.05) is 11.1 Å². The van der Waals surface area contributed by atoms with Crippen molar-refractivity contribution in [2.45, 2.75) is 37.5 Å². The molecule has 0 radical (unpaired) electrons. The molecular formula is C18H18N2O3S2. The number of hydrogen-bond acceptors (Lipinski definition) is 5. The van der Waals surface area contributed by atoms with Gasteiger partial charge in [0.2, 0.25) is 0 Å². The van der Waals surface area contributed by atoms with Gasteiger partial charge in [0.15, 0.2) is 9.84 Å². The number of fused-ring (bicyclic) bond motifs is 1. The molecule has 0 aliphatic heterocycles. The number of rotatable bonds is 4. The summed E-state index contributed by atoms with van der Waals surface area (Å²) in [5, 5.41) is 12.8. The molecule has 1 aromatic carbocycles. The molecule has 0 bridgehead atoms. The lowest BCUT2D eigenvalue weighted by Gasteiger charge is -2.10. The van der Waals surface area contributed by atoms with E-state index in [1.54, 1.807) is 19.1 Å². The third-order valence-electron chi connectivity index (χ3n) is 4.36. The number of thiophene rings is 1. The van der Waals surface area contributed by atoms with Crippen molar-refractivity contribution in [3.05, 3.63) is 45.8 Å². The predicted octanol–water partition coefficient (Wildman–Crippen LogP) is 3.54. The van der Waals surface area contributed by atoms with Gasteiger partial charge < -0.3 is 5.32 Å². The molecule has 0 saturated carbocycles. The fraction of sp³-hybridized carbons (Fsp3) is 0.333. The van der Waals surface area contributed by atoms with Crippen molar-refractivity contribution >= 4 is 32.1 Å². The van der Waals surface area contributed by atoms with Crippen molar-refractivity contribution in [1.82, 2.24) is 0 Å². The molecule has 0 spiro atoms. The molecular weight excluding hydrogens is 356 g/mol. The van der Waals surface area contributed by atoms with Gasteiger partial charge in [0.1, 0.15) is 11.1 Å². The second-order valence-corrected chi connectivity index (χ2v) is 9.23. The number of aryl methyl sites for hydroxylation is 1. The van der Waals surface area contributed by atoms with Crippen LogP contribution in [0.25, 0.3) is 0 Å². The summed E-state index contributed by atoms with van der Waals surface area (Å²) < 4.78 is 24.5. The molecule has 0 saturated heterocycles. The monoisotopic (exact) mass is 374 g/mol. The lowest BCUT2D eigenvalue weighted by molar-refractivity contribution is 0.102. The van der Waals surface area contributed by atoms with Crippen molar-refractivity contribution in [3.8, 4) is 6.07 Å².